The van der Waals surface area contributed by atoms with E-state index in [1.807, 2.05) is 11.8 Å². The molecule has 0 bridgehead atoms. The minimum atomic E-state index is -3.46. The van der Waals surface area contributed by atoms with Crippen molar-refractivity contribution in [2.75, 3.05) is 18.8 Å². The summed E-state index contributed by atoms with van der Waals surface area (Å²) < 4.78 is 27.4. The first-order valence-electron chi connectivity index (χ1n) is 6.01. The van der Waals surface area contributed by atoms with E-state index in [9.17, 15) is 8.42 Å². The van der Waals surface area contributed by atoms with Crippen molar-refractivity contribution in [1.29, 1.82) is 0 Å². The molecule has 1 aromatic rings. The smallest absolute Gasteiger partial charge is 0.244 e. The van der Waals surface area contributed by atoms with Crippen molar-refractivity contribution in [2.24, 2.45) is 0 Å². The zero-order chi connectivity index (χ0) is 14.2. The van der Waals surface area contributed by atoms with Crippen molar-refractivity contribution in [2.45, 2.75) is 29.2 Å². The van der Waals surface area contributed by atoms with Crippen molar-refractivity contribution in [1.82, 2.24) is 4.31 Å². The third-order valence-electron chi connectivity index (χ3n) is 2.96. The molecular formula is C12H17BrN2O2S2. The van der Waals surface area contributed by atoms with Gasteiger partial charge in [-0.05, 0) is 34.1 Å². The van der Waals surface area contributed by atoms with Crippen LogP contribution in [0.3, 0.4) is 0 Å². The lowest BCUT2D eigenvalue weighted by Crippen LogP contribution is -2.44. The van der Waals surface area contributed by atoms with Crippen LogP contribution >= 0.6 is 27.7 Å². The van der Waals surface area contributed by atoms with E-state index in [0.29, 0.717) is 33.7 Å². The summed E-state index contributed by atoms with van der Waals surface area (Å²) in [4.78, 5) is 0.285. The summed E-state index contributed by atoms with van der Waals surface area (Å²) in [7, 11) is -3.46. The van der Waals surface area contributed by atoms with Crippen LogP contribution in [0.1, 0.15) is 13.8 Å². The zero-order valence-electron chi connectivity index (χ0n) is 10.8. The Balaban J connectivity index is 2.36. The predicted molar refractivity (Wildman–Crippen MR) is 83.8 cm³/mol. The number of sulfonamides is 1. The molecule has 0 radical (unpaired) electrons. The van der Waals surface area contributed by atoms with Crippen LogP contribution < -0.4 is 5.73 Å². The molecule has 2 N–H and O–H groups in total. The van der Waals surface area contributed by atoms with Gasteiger partial charge in [-0.25, -0.2) is 8.42 Å². The van der Waals surface area contributed by atoms with Crippen LogP contribution in [0.4, 0.5) is 5.69 Å². The summed E-state index contributed by atoms with van der Waals surface area (Å²) in [5.41, 5.74) is 6.19. The standard InChI is InChI=1S/C12H17BrN2O2S2/c1-8-6-15(7-9(2)18-8)19(16,17)12-4-3-10(14)5-11(12)13/h3-5,8-9H,6-7,14H2,1-2H3. The predicted octanol–water partition coefficient (Wildman–Crippen LogP) is 2.55. The monoisotopic (exact) mass is 364 g/mol. The van der Waals surface area contributed by atoms with Crippen LogP contribution in [0.5, 0.6) is 0 Å². The molecular weight excluding hydrogens is 348 g/mol. The van der Waals surface area contributed by atoms with Crippen molar-refractivity contribution in [3.05, 3.63) is 22.7 Å². The van der Waals surface area contributed by atoms with Gasteiger partial charge in [-0.3, -0.25) is 0 Å². The number of hydrogen-bond donors (Lipinski definition) is 1. The number of hydrogen-bond acceptors (Lipinski definition) is 4. The van der Waals surface area contributed by atoms with Crippen LogP contribution in [0.15, 0.2) is 27.6 Å². The van der Waals surface area contributed by atoms with Crippen LogP contribution in [-0.4, -0.2) is 36.3 Å². The third kappa shape index (κ3) is 3.26. The minimum absolute atomic E-state index is 0.285. The van der Waals surface area contributed by atoms with Crippen molar-refractivity contribution in [3.8, 4) is 0 Å². The van der Waals surface area contributed by atoms with Crippen molar-refractivity contribution < 1.29 is 8.42 Å². The van der Waals surface area contributed by atoms with Gasteiger partial charge >= 0.3 is 0 Å². The largest absolute Gasteiger partial charge is 0.399 e. The molecule has 0 aromatic heterocycles. The van der Waals surface area contributed by atoms with E-state index in [1.54, 1.807) is 22.5 Å². The first-order chi connectivity index (χ1) is 8.80. The van der Waals surface area contributed by atoms with Crippen molar-refractivity contribution >= 4 is 43.4 Å². The normalized spacial score (nSPS) is 25.4. The Bertz CT molecular complexity index is 567. The van der Waals surface area contributed by atoms with E-state index >= 15 is 0 Å². The van der Waals surface area contributed by atoms with Gasteiger partial charge in [0.1, 0.15) is 0 Å². The SMILES string of the molecule is CC1CN(S(=O)(=O)c2ccc(N)cc2Br)CC(C)S1. The number of halogens is 1. The van der Waals surface area contributed by atoms with E-state index in [1.165, 1.54) is 0 Å². The molecule has 0 aliphatic carbocycles. The molecule has 0 spiro atoms. The first kappa shape index (κ1) is 15.2. The van der Waals surface area contributed by atoms with Crippen LogP contribution in [-0.2, 0) is 10.0 Å². The lowest BCUT2D eigenvalue weighted by molar-refractivity contribution is 0.404. The average Bonchev–Trinajstić information content (AvgIpc) is 2.26. The highest BCUT2D eigenvalue weighted by atomic mass is 79.9. The van der Waals surface area contributed by atoms with E-state index in [4.69, 9.17) is 5.73 Å². The molecule has 2 rings (SSSR count). The molecule has 1 fully saturated rings. The average molecular weight is 365 g/mol. The molecule has 1 aromatic carbocycles. The maximum atomic E-state index is 12.7. The first-order valence-corrected chi connectivity index (χ1v) is 9.19. The highest BCUT2D eigenvalue weighted by Crippen LogP contribution is 2.32. The molecule has 2 unspecified atom stereocenters. The fraction of sp³-hybridized carbons (Fsp3) is 0.500. The number of nitrogens with zero attached hydrogens (tertiary/aromatic N) is 1. The fourth-order valence-electron chi connectivity index (χ4n) is 2.19. The van der Waals surface area contributed by atoms with Gasteiger partial charge in [0.25, 0.3) is 0 Å². The van der Waals surface area contributed by atoms with Gasteiger partial charge in [-0.2, -0.15) is 16.1 Å². The van der Waals surface area contributed by atoms with Crippen molar-refractivity contribution in [3.63, 3.8) is 0 Å². The van der Waals surface area contributed by atoms with Gasteiger partial charge in [0.05, 0.1) is 4.90 Å². The minimum Gasteiger partial charge on any atom is -0.399 e. The molecule has 1 aliphatic rings. The lowest BCUT2D eigenvalue weighted by Gasteiger charge is -2.33. The molecule has 0 amide bonds. The second-order valence-corrected chi connectivity index (χ2v) is 9.41. The second kappa shape index (κ2) is 5.63. The van der Waals surface area contributed by atoms with E-state index in [2.05, 4.69) is 29.8 Å². The van der Waals surface area contributed by atoms with E-state index in [0.717, 1.165) is 0 Å². The zero-order valence-corrected chi connectivity index (χ0v) is 14.1. The Hall–Kier alpha value is -0.240. The highest BCUT2D eigenvalue weighted by molar-refractivity contribution is 9.10. The lowest BCUT2D eigenvalue weighted by atomic mass is 10.3. The van der Waals surface area contributed by atoms with Gasteiger partial charge in [-0.1, -0.05) is 13.8 Å². The Morgan fingerprint density at radius 3 is 2.42 bits per heavy atom. The summed E-state index contributed by atoms with van der Waals surface area (Å²) in [6, 6.07) is 4.80. The number of rotatable bonds is 2. The summed E-state index contributed by atoms with van der Waals surface area (Å²) >= 11 is 5.11. The summed E-state index contributed by atoms with van der Waals surface area (Å²) in [6.07, 6.45) is 0. The molecule has 0 saturated carbocycles. The summed E-state index contributed by atoms with van der Waals surface area (Å²) in [6.45, 7) is 5.21. The Labute approximate surface area is 126 Å². The fourth-order valence-corrected chi connectivity index (χ4v) is 6.38. The van der Waals surface area contributed by atoms with Crippen LogP contribution in [0, 0.1) is 0 Å². The third-order valence-corrected chi connectivity index (χ3v) is 7.00. The maximum absolute atomic E-state index is 12.7. The molecule has 4 nitrogen and oxygen atoms in total. The second-order valence-electron chi connectivity index (χ2n) is 4.77. The van der Waals surface area contributed by atoms with Gasteiger partial charge in [0.2, 0.25) is 10.0 Å². The van der Waals surface area contributed by atoms with Gasteiger partial charge in [-0.15, -0.1) is 0 Å². The number of anilines is 1. The van der Waals surface area contributed by atoms with Crippen LogP contribution in [0.2, 0.25) is 0 Å². The summed E-state index contributed by atoms with van der Waals surface area (Å²) in [5.74, 6) is 0. The van der Waals surface area contributed by atoms with Crippen LogP contribution in [0.25, 0.3) is 0 Å². The molecule has 7 heteroatoms. The van der Waals surface area contributed by atoms with E-state index in [-0.39, 0.29) is 4.90 Å². The topological polar surface area (TPSA) is 63.4 Å². The number of benzene rings is 1. The molecule has 1 saturated heterocycles. The molecule has 106 valence electrons. The highest BCUT2D eigenvalue weighted by Gasteiger charge is 2.33. The maximum Gasteiger partial charge on any atom is 0.244 e. The number of thioether (sulfide) groups is 1. The molecule has 19 heavy (non-hydrogen) atoms. The Morgan fingerprint density at radius 2 is 1.89 bits per heavy atom. The quantitative estimate of drug-likeness (QED) is 0.819. The Morgan fingerprint density at radius 1 is 1.32 bits per heavy atom. The summed E-state index contributed by atoms with van der Waals surface area (Å²) in [5, 5.41) is 0.622. The molecule has 1 aliphatic heterocycles. The molecule has 1 heterocycles. The van der Waals surface area contributed by atoms with Gasteiger partial charge in [0.15, 0.2) is 0 Å². The van der Waals surface area contributed by atoms with Gasteiger partial charge < -0.3 is 5.73 Å². The number of nitrogens with two attached hydrogens (primary N) is 1. The number of nitrogen functional groups attached to an aromatic ring is 1. The van der Waals surface area contributed by atoms with E-state index < -0.39 is 10.0 Å². The molecule has 2 atom stereocenters. The Kier molecular flexibility index (Phi) is 4.49. The van der Waals surface area contributed by atoms with Gasteiger partial charge in [0, 0.05) is 33.7 Å².